The summed E-state index contributed by atoms with van der Waals surface area (Å²) in [5.41, 5.74) is 4.05. The quantitative estimate of drug-likeness (QED) is 0.0552. The molecule has 3 aromatic rings. The second-order valence-corrected chi connectivity index (χ2v) is 19.0. The number of anilines is 1. The molecule has 0 aliphatic carbocycles. The first-order chi connectivity index (χ1) is 25.4. The highest BCUT2D eigenvalue weighted by molar-refractivity contribution is 7.87. The van der Waals surface area contributed by atoms with Crippen LogP contribution in [0.4, 0.5) is 11.4 Å². The van der Waals surface area contributed by atoms with Gasteiger partial charge in [-0.3, -0.25) is 18.5 Å². The number of hydrogen-bond donors (Lipinski definition) is 4. The first-order valence-corrected chi connectivity index (χ1v) is 22.2. The van der Waals surface area contributed by atoms with Crippen molar-refractivity contribution >= 4 is 64.2 Å². The number of allylic oxidation sites excluding steroid dienone is 6. The molecule has 2 aliphatic heterocycles. The number of fused-ring (bicyclic) bond motifs is 4. The van der Waals surface area contributed by atoms with Crippen molar-refractivity contribution in [3.8, 4) is 0 Å². The summed E-state index contributed by atoms with van der Waals surface area (Å²) in [5, 5.41) is 9.44. The van der Waals surface area contributed by atoms with Crippen LogP contribution in [0.1, 0.15) is 84.8 Å². The van der Waals surface area contributed by atoms with Crippen LogP contribution in [-0.4, -0.2) is 73.4 Å². The summed E-state index contributed by atoms with van der Waals surface area (Å²) in [7, 11) is -14.2. The number of carboxylic acids is 1. The Labute approximate surface area is 322 Å². The molecule has 0 saturated carbocycles. The molecule has 3 aromatic carbocycles. The van der Waals surface area contributed by atoms with Crippen LogP contribution in [0.15, 0.2) is 92.7 Å². The maximum Gasteiger partial charge on any atom is 0.303 e. The van der Waals surface area contributed by atoms with Gasteiger partial charge in [0.2, 0.25) is 5.69 Å². The lowest BCUT2D eigenvalue weighted by atomic mass is 9.81. The van der Waals surface area contributed by atoms with Gasteiger partial charge in [-0.1, -0.05) is 39.0 Å². The first kappa shape index (κ1) is 42.0. The third-order valence-corrected chi connectivity index (χ3v) is 13.1. The number of benzene rings is 3. The van der Waals surface area contributed by atoms with Crippen LogP contribution in [0.3, 0.4) is 0 Å². The van der Waals surface area contributed by atoms with E-state index in [0.717, 1.165) is 34.3 Å². The standard InChI is InChI=1S/C39H46N2O11S3/c1-7-25(13-19-34-38(3,4)30-23-26(53(44,45)46)15-17-31(30)41(34)21-11-9-10-12-36(42)43)14-20-35-39(5,6)37-29-22-27(54(47,48)49)24-33(55(50,51)52)28(29)16-18-32(37)40(35)8-2/h13-20,22-24H,7-12,21H2,1-6H3,(H3-,42,43,44,45,46,47,48,49,50,51,52)/p+1. The molecule has 0 bridgehead atoms. The molecule has 296 valence electrons. The molecule has 2 heterocycles. The molecule has 0 aromatic heterocycles. The molecule has 2 aliphatic rings. The van der Waals surface area contributed by atoms with Gasteiger partial charge in [-0.05, 0) is 93.0 Å². The number of nitrogens with zero attached hydrogens (tertiary/aromatic N) is 2. The van der Waals surface area contributed by atoms with Gasteiger partial charge >= 0.3 is 5.97 Å². The maximum absolute atomic E-state index is 12.4. The highest BCUT2D eigenvalue weighted by Crippen LogP contribution is 2.51. The maximum atomic E-state index is 12.4. The second kappa shape index (κ2) is 15.0. The molecule has 0 fully saturated rings. The van der Waals surface area contributed by atoms with E-state index in [1.54, 1.807) is 12.1 Å². The van der Waals surface area contributed by atoms with Crippen LogP contribution in [0.5, 0.6) is 0 Å². The molecule has 0 saturated heterocycles. The normalized spacial score (nSPS) is 17.8. The summed E-state index contributed by atoms with van der Waals surface area (Å²) >= 11 is 0. The van der Waals surface area contributed by atoms with E-state index in [2.05, 4.69) is 4.58 Å². The van der Waals surface area contributed by atoms with Crippen molar-refractivity contribution in [2.24, 2.45) is 0 Å². The average Bonchev–Trinajstić information content (AvgIpc) is 3.44. The van der Waals surface area contributed by atoms with Crippen LogP contribution in [-0.2, 0) is 46.0 Å². The lowest BCUT2D eigenvalue weighted by Gasteiger charge is -2.26. The number of unbranched alkanes of at least 4 members (excludes halogenated alkanes) is 2. The summed E-state index contributed by atoms with van der Waals surface area (Å²) in [4.78, 5) is 11.6. The molecule has 0 radical (unpaired) electrons. The summed E-state index contributed by atoms with van der Waals surface area (Å²) in [6, 6.07) is 9.75. The summed E-state index contributed by atoms with van der Waals surface area (Å²) in [5.74, 6) is -0.854. The Kier molecular flexibility index (Phi) is 11.5. The fraction of sp³-hybridized carbons (Fsp3) is 0.385. The zero-order valence-electron chi connectivity index (χ0n) is 31.6. The highest BCUT2D eigenvalue weighted by atomic mass is 32.2. The van der Waals surface area contributed by atoms with Gasteiger partial charge < -0.3 is 10.0 Å². The van der Waals surface area contributed by atoms with Crippen LogP contribution >= 0.6 is 0 Å². The number of likely N-dealkylation sites (N-methyl/N-ethyl adjacent to an activating group) is 1. The Morgan fingerprint density at radius 3 is 2.05 bits per heavy atom. The lowest BCUT2D eigenvalue weighted by molar-refractivity contribution is -0.438. The van der Waals surface area contributed by atoms with Crippen LogP contribution in [0.2, 0.25) is 0 Å². The van der Waals surface area contributed by atoms with Gasteiger partial charge in [0.15, 0.2) is 5.71 Å². The SMILES string of the molecule is CCC(C=CC1=[N+](CCCCCC(=O)O)c2ccc(S(=O)(=O)O)cc2C1(C)C)=CC=C1N(CC)c2ccc3c(S(=O)(=O)O)cc(S(=O)(=O)O)cc3c2C1(C)C. The molecule has 13 nitrogen and oxygen atoms in total. The van der Waals surface area contributed by atoms with E-state index in [9.17, 15) is 43.7 Å². The first-order valence-electron chi connectivity index (χ1n) is 17.9. The van der Waals surface area contributed by atoms with Gasteiger partial charge in [0.1, 0.15) is 11.4 Å². The fourth-order valence-electron chi connectivity index (χ4n) is 7.78. The predicted octanol–water partition coefficient (Wildman–Crippen LogP) is 7.20. The lowest BCUT2D eigenvalue weighted by Crippen LogP contribution is -2.28. The molecule has 0 unspecified atom stereocenters. The van der Waals surface area contributed by atoms with E-state index in [-0.39, 0.29) is 22.1 Å². The molecule has 16 heteroatoms. The Hall–Kier alpha value is -4.19. The van der Waals surface area contributed by atoms with E-state index in [0.29, 0.717) is 50.0 Å². The van der Waals surface area contributed by atoms with Gasteiger partial charge in [0, 0.05) is 59.3 Å². The van der Waals surface area contributed by atoms with Crippen molar-refractivity contribution in [2.75, 3.05) is 18.0 Å². The van der Waals surface area contributed by atoms with E-state index < -0.39 is 56.9 Å². The molecule has 0 spiro atoms. The van der Waals surface area contributed by atoms with Crippen LogP contribution < -0.4 is 4.90 Å². The number of carbonyl (C=O) groups is 1. The highest BCUT2D eigenvalue weighted by Gasteiger charge is 2.45. The molecular weight excluding hydrogens is 769 g/mol. The van der Waals surface area contributed by atoms with E-state index >= 15 is 0 Å². The minimum absolute atomic E-state index is 0.0707. The fourth-order valence-corrected chi connectivity index (χ4v) is 9.63. The Balaban J connectivity index is 1.59. The van der Waals surface area contributed by atoms with Crippen molar-refractivity contribution in [1.82, 2.24) is 0 Å². The van der Waals surface area contributed by atoms with Gasteiger partial charge in [0.25, 0.3) is 30.4 Å². The van der Waals surface area contributed by atoms with Crippen molar-refractivity contribution in [1.29, 1.82) is 0 Å². The monoisotopic (exact) mass is 815 g/mol. The van der Waals surface area contributed by atoms with Crippen molar-refractivity contribution in [2.45, 2.75) is 99.2 Å². The largest absolute Gasteiger partial charge is 0.481 e. The van der Waals surface area contributed by atoms with Crippen molar-refractivity contribution in [3.63, 3.8) is 0 Å². The summed E-state index contributed by atoms with van der Waals surface area (Å²) in [6.07, 6.45) is 10.5. The number of carboxylic acid groups (broad SMARTS) is 1. The average molecular weight is 816 g/mol. The Morgan fingerprint density at radius 1 is 0.800 bits per heavy atom. The molecule has 0 amide bonds. The predicted molar refractivity (Wildman–Crippen MR) is 210 cm³/mol. The van der Waals surface area contributed by atoms with E-state index in [1.807, 2.05) is 70.7 Å². The Morgan fingerprint density at radius 2 is 1.47 bits per heavy atom. The molecule has 0 atom stereocenters. The molecule has 5 rings (SSSR count). The number of aliphatic carboxylic acids is 1. The van der Waals surface area contributed by atoms with Crippen LogP contribution in [0, 0.1) is 0 Å². The third-order valence-electron chi connectivity index (χ3n) is 10.5. The smallest absolute Gasteiger partial charge is 0.303 e. The topological polar surface area (TPSA) is 207 Å². The second-order valence-electron chi connectivity index (χ2n) is 14.8. The zero-order valence-corrected chi connectivity index (χ0v) is 34.0. The Bertz CT molecular complexity index is 2550. The zero-order chi connectivity index (χ0) is 40.9. The van der Waals surface area contributed by atoms with Gasteiger partial charge in [-0.25, -0.2) is 0 Å². The molecule has 4 N–H and O–H groups in total. The van der Waals surface area contributed by atoms with Crippen LogP contribution in [0.25, 0.3) is 10.8 Å². The number of hydrogen-bond acceptors (Lipinski definition) is 8. The summed E-state index contributed by atoms with van der Waals surface area (Å²) < 4.78 is 105. The minimum atomic E-state index is -4.87. The van der Waals surface area contributed by atoms with E-state index in [4.69, 9.17) is 5.11 Å². The number of rotatable bonds is 14. The van der Waals surface area contributed by atoms with Gasteiger partial charge in [-0.15, -0.1) is 0 Å². The van der Waals surface area contributed by atoms with Crippen molar-refractivity contribution in [3.05, 3.63) is 89.2 Å². The van der Waals surface area contributed by atoms with Crippen molar-refractivity contribution < 1.29 is 53.4 Å². The molecule has 55 heavy (non-hydrogen) atoms. The molecular formula is C39H47N2O11S3+. The van der Waals surface area contributed by atoms with E-state index in [1.165, 1.54) is 24.3 Å². The van der Waals surface area contributed by atoms with Gasteiger partial charge in [-0.2, -0.15) is 29.8 Å². The van der Waals surface area contributed by atoms with Gasteiger partial charge in [0.05, 0.1) is 15.2 Å². The minimum Gasteiger partial charge on any atom is -0.481 e. The third kappa shape index (κ3) is 8.20. The summed E-state index contributed by atoms with van der Waals surface area (Å²) in [6.45, 7) is 12.8.